The lowest BCUT2D eigenvalue weighted by molar-refractivity contribution is -0.884. The summed E-state index contributed by atoms with van der Waals surface area (Å²) in [5.74, 6) is 0. The normalized spacial score (nSPS) is 11.1. The molecule has 0 saturated carbocycles. The topological polar surface area (TPSA) is 43.4 Å². The van der Waals surface area contributed by atoms with Gasteiger partial charge in [-0.25, -0.2) is 0 Å². The zero-order chi connectivity index (χ0) is 17.1. The van der Waals surface area contributed by atoms with Crippen molar-refractivity contribution in [3.8, 4) is 0 Å². The van der Waals surface area contributed by atoms with E-state index in [0.29, 0.717) is 0 Å². The van der Waals surface area contributed by atoms with Gasteiger partial charge in [-0.1, -0.05) is 60.7 Å². The number of quaternary nitrogens is 1. The second-order valence-corrected chi connectivity index (χ2v) is 6.63. The first-order valence-electron chi connectivity index (χ1n) is 7.24. The molecule has 0 atom stereocenters. The Morgan fingerprint density at radius 2 is 1.43 bits per heavy atom. The molecule has 0 spiro atoms. The zero-order valence-corrected chi connectivity index (χ0v) is 14.6. The molecule has 124 valence electrons. The van der Waals surface area contributed by atoms with Gasteiger partial charge in [-0.2, -0.15) is 8.42 Å². The Bertz CT molecular complexity index is 652. The van der Waals surface area contributed by atoms with E-state index in [2.05, 4.69) is 55.7 Å². The van der Waals surface area contributed by atoms with Crippen molar-refractivity contribution in [3.05, 3.63) is 78.1 Å². The monoisotopic (exact) mass is 334 g/mol. The fraction of sp³-hybridized carbons (Fsp3) is 0.222. The maximum atomic E-state index is 9.95. The summed E-state index contributed by atoms with van der Waals surface area (Å²) in [4.78, 5) is 0. The maximum Gasteiger partial charge on any atom is 0.298 e. The highest BCUT2D eigenvalue weighted by molar-refractivity contribution is 7.67. The van der Waals surface area contributed by atoms with Gasteiger partial charge in [0.25, 0.3) is 11.0 Å². The van der Waals surface area contributed by atoms with E-state index in [-0.39, 0.29) is 0 Å². The molecule has 0 fully saturated rings. The predicted molar refractivity (Wildman–Crippen MR) is 95.1 cm³/mol. The molecule has 23 heavy (non-hydrogen) atoms. The summed E-state index contributed by atoms with van der Waals surface area (Å²) < 4.78 is 25.1. The molecule has 2 aromatic rings. The van der Waals surface area contributed by atoms with Gasteiger partial charge in [0.1, 0.15) is 12.8 Å². The summed E-state index contributed by atoms with van der Waals surface area (Å²) in [6, 6.07) is 19.9. The number of benzene rings is 2. The molecule has 0 amide bonds. The number of hydrogen-bond donors (Lipinski definition) is 1. The Balaban J connectivity index is 0.000000231. The summed E-state index contributed by atoms with van der Waals surface area (Å²) >= 11 is 0. The van der Waals surface area contributed by atoms with Crippen LogP contribution < -0.4 is 0 Å². The minimum Gasteiger partial charge on any atom is -0.392 e. The number of rotatable bonds is 5. The SMILES string of the molecule is C[N+](C)(C)Cc1ccccc1.O=[SH](=O)OC=Cc1ccccc1. The lowest BCUT2D eigenvalue weighted by atomic mass is 10.2. The number of thiol groups is 1. The molecular formula is C18H24NO3S+. The van der Waals surface area contributed by atoms with E-state index in [0.717, 1.165) is 22.9 Å². The van der Waals surface area contributed by atoms with Crippen molar-refractivity contribution in [1.29, 1.82) is 0 Å². The molecule has 0 aliphatic carbocycles. The smallest absolute Gasteiger partial charge is 0.298 e. The number of hydrogen-bond acceptors (Lipinski definition) is 3. The Hall–Kier alpha value is -2.11. The average molecular weight is 334 g/mol. The van der Waals surface area contributed by atoms with Gasteiger partial charge in [0, 0.05) is 5.56 Å². The minimum atomic E-state index is -2.78. The first kappa shape index (κ1) is 18.9. The fourth-order valence-electron chi connectivity index (χ4n) is 1.85. The molecule has 0 heterocycles. The van der Waals surface area contributed by atoms with Crippen LogP contribution in [0.15, 0.2) is 66.9 Å². The molecule has 0 unspecified atom stereocenters. The average Bonchev–Trinajstić information content (AvgIpc) is 2.48. The lowest BCUT2D eigenvalue weighted by Crippen LogP contribution is -2.33. The molecule has 0 aliphatic heterocycles. The van der Waals surface area contributed by atoms with Gasteiger partial charge in [0.05, 0.1) is 21.1 Å². The highest BCUT2D eigenvalue weighted by Gasteiger charge is 2.06. The fourth-order valence-corrected chi connectivity index (χ4v) is 2.01. The third kappa shape index (κ3) is 10.3. The molecule has 5 heteroatoms. The van der Waals surface area contributed by atoms with Crippen molar-refractivity contribution in [2.45, 2.75) is 6.54 Å². The van der Waals surface area contributed by atoms with Crippen LogP contribution in [-0.2, 0) is 21.7 Å². The highest BCUT2D eigenvalue weighted by Crippen LogP contribution is 2.05. The standard InChI is InChI=1S/C10H16N.C8H8O3S/c1-11(2,3)9-10-7-5-4-6-8-10;9-12(10)11-7-6-8-4-2-1-3-5-8/h4-8H,9H2,1-3H3;1-7,12H/q+1;. The van der Waals surface area contributed by atoms with Gasteiger partial charge >= 0.3 is 0 Å². The van der Waals surface area contributed by atoms with Gasteiger partial charge in [0.15, 0.2) is 0 Å². The largest absolute Gasteiger partial charge is 0.392 e. The first-order chi connectivity index (χ1) is 10.9. The van der Waals surface area contributed by atoms with Gasteiger partial charge in [0.2, 0.25) is 0 Å². The van der Waals surface area contributed by atoms with Crippen molar-refractivity contribution in [2.75, 3.05) is 21.1 Å². The molecule has 0 bridgehead atoms. The number of nitrogens with zero attached hydrogens (tertiary/aromatic N) is 1. The van der Waals surface area contributed by atoms with Crippen molar-refractivity contribution in [1.82, 2.24) is 0 Å². The van der Waals surface area contributed by atoms with E-state index in [1.54, 1.807) is 6.08 Å². The van der Waals surface area contributed by atoms with E-state index in [1.807, 2.05) is 30.3 Å². The van der Waals surface area contributed by atoms with E-state index in [4.69, 9.17) is 0 Å². The van der Waals surface area contributed by atoms with Crippen molar-refractivity contribution < 1.29 is 17.1 Å². The Morgan fingerprint density at radius 1 is 0.913 bits per heavy atom. The molecule has 0 saturated heterocycles. The van der Waals surface area contributed by atoms with Crippen LogP contribution in [0.25, 0.3) is 6.08 Å². The highest BCUT2D eigenvalue weighted by atomic mass is 32.2. The van der Waals surface area contributed by atoms with E-state index >= 15 is 0 Å². The summed E-state index contributed by atoms with van der Waals surface area (Å²) in [6.07, 6.45) is 2.71. The Morgan fingerprint density at radius 3 is 1.91 bits per heavy atom. The van der Waals surface area contributed by atoms with Gasteiger partial charge in [-0.05, 0) is 11.6 Å². The molecule has 0 radical (unpaired) electrons. The van der Waals surface area contributed by atoms with Crippen LogP contribution in [0.3, 0.4) is 0 Å². The van der Waals surface area contributed by atoms with E-state index in [1.165, 1.54) is 5.56 Å². The first-order valence-corrected chi connectivity index (χ1v) is 8.33. The molecule has 0 aliphatic rings. The predicted octanol–water partition coefficient (Wildman–Crippen LogP) is 3.09. The third-order valence-electron chi connectivity index (χ3n) is 2.71. The molecular weight excluding hydrogens is 310 g/mol. The Kier molecular flexibility index (Phi) is 8.08. The van der Waals surface area contributed by atoms with Gasteiger partial charge in [-0.3, -0.25) is 0 Å². The van der Waals surface area contributed by atoms with E-state index < -0.39 is 11.0 Å². The summed E-state index contributed by atoms with van der Waals surface area (Å²) in [5, 5.41) is 0. The molecule has 2 rings (SSSR count). The van der Waals surface area contributed by atoms with Crippen LogP contribution in [0.1, 0.15) is 11.1 Å². The summed E-state index contributed by atoms with van der Waals surface area (Å²) in [5.41, 5.74) is 2.30. The van der Waals surface area contributed by atoms with Crippen LogP contribution in [-0.4, -0.2) is 34.0 Å². The van der Waals surface area contributed by atoms with E-state index in [9.17, 15) is 8.42 Å². The van der Waals surface area contributed by atoms with Crippen LogP contribution in [0.4, 0.5) is 0 Å². The van der Waals surface area contributed by atoms with Gasteiger partial charge < -0.3 is 8.67 Å². The second kappa shape index (κ2) is 9.82. The van der Waals surface area contributed by atoms with Crippen LogP contribution in [0.2, 0.25) is 0 Å². The lowest BCUT2D eigenvalue weighted by Gasteiger charge is -2.23. The Labute approximate surface area is 140 Å². The molecule has 2 aromatic carbocycles. The van der Waals surface area contributed by atoms with Gasteiger partial charge in [-0.15, -0.1) is 0 Å². The van der Waals surface area contributed by atoms with Crippen molar-refractivity contribution in [3.63, 3.8) is 0 Å². The summed E-state index contributed by atoms with van der Waals surface area (Å²) in [6.45, 7) is 1.10. The van der Waals surface area contributed by atoms with Crippen LogP contribution >= 0.6 is 0 Å². The molecule has 0 aromatic heterocycles. The van der Waals surface area contributed by atoms with Crippen molar-refractivity contribution >= 4 is 17.1 Å². The molecule has 4 nitrogen and oxygen atoms in total. The second-order valence-electron chi connectivity index (χ2n) is 5.98. The third-order valence-corrected chi connectivity index (χ3v) is 3.00. The van der Waals surface area contributed by atoms with Crippen LogP contribution in [0.5, 0.6) is 0 Å². The molecule has 0 N–H and O–H groups in total. The quantitative estimate of drug-likeness (QED) is 0.519. The van der Waals surface area contributed by atoms with Crippen molar-refractivity contribution in [2.24, 2.45) is 0 Å². The maximum absolute atomic E-state index is 9.95. The van der Waals surface area contributed by atoms with Crippen LogP contribution in [0, 0.1) is 0 Å². The summed E-state index contributed by atoms with van der Waals surface area (Å²) in [7, 11) is 3.82. The minimum absolute atomic E-state index is 0.898. The zero-order valence-electron chi connectivity index (χ0n) is 13.8.